The summed E-state index contributed by atoms with van der Waals surface area (Å²) in [5, 5.41) is 0. The highest BCUT2D eigenvalue weighted by Gasteiger charge is 2.21. The fourth-order valence-electron chi connectivity index (χ4n) is 2.95. The van der Waals surface area contributed by atoms with Crippen molar-refractivity contribution in [2.75, 3.05) is 20.2 Å². The normalized spacial score (nSPS) is 17.0. The van der Waals surface area contributed by atoms with Gasteiger partial charge < -0.3 is 9.64 Å². The number of ether oxygens (including phenoxy) is 1. The van der Waals surface area contributed by atoms with Crippen LogP contribution in [0, 0.1) is 0 Å². The number of sulfonamides is 1. The van der Waals surface area contributed by atoms with Crippen LogP contribution < -0.4 is 4.72 Å². The minimum Gasteiger partial charge on any atom is -0.377 e. The maximum Gasteiger partial charge on any atom is 0.253 e. The second-order valence-electron chi connectivity index (χ2n) is 6.54. The molecular weight excluding hydrogens is 366 g/mol. The summed E-state index contributed by atoms with van der Waals surface area (Å²) in [6, 6.07) is 9.76. The van der Waals surface area contributed by atoms with Crippen molar-refractivity contribution in [1.29, 1.82) is 0 Å². The number of hydrogen-bond acceptors (Lipinski definition) is 5. The van der Waals surface area contributed by atoms with Crippen molar-refractivity contribution in [3.05, 3.63) is 59.9 Å². The molecule has 1 N–H and O–H groups in total. The smallest absolute Gasteiger partial charge is 0.253 e. The fourth-order valence-corrected chi connectivity index (χ4v) is 4.06. The number of nitrogens with zero attached hydrogens (tertiary/aromatic N) is 2. The van der Waals surface area contributed by atoms with E-state index in [2.05, 4.69) is 9.71 Å². The highest BCUT2D eigenvalue weighted by molar-refractivity contribution is 7.89. The van der Waals surface area contributed by atoms with E-state index in [0.29, 0.717) is 18.7 Å². The van der Waals surface area contributed by atoms with Gasteiger partial charge in [-0.3, -0.25) is 9.78 Å². The van der Waals surface area contributed by atoms with Crippen molar-refractivity contribution in [1.82, 2.24) is 14.6 Å². The third-order valence-corrected chi connectivity index (χ3v) is 5.83. The van der Waals surface area contributed by atoms with Crippen LogP contribution in [-0.4, -0.2) is 50.5 Å². The fraction of sp³-hybridized carbons (Fsp3) is 0.368. The van der Waals surface area contributed by atoms with E-state index in [1.165, 1.54) is 17.0 Å². The summed E-state index contributed by atoms with van der Waals surface area (Å²) in [7, 11) is -2.03. The van der Waals surface area contributed by atoms with Crippen LogP contribution in [0.25, 0.3) is 0 Å². The average molecular weight is 389 g/mol. The second-order valence-corrected chi connectivity index (χ2v) is 8.30. The first-order valence-electron chi connectivity index (χ1n) is 8.81. The van der Waals surface area contributed by atoms with Crippen molar-refractivity contribution in [2.24, 2.45) is 0 Å². The van der Waals surface area contributed by atoms with Crippen LogP contribution in [0.1, 0.15) is 28.8 Å². The zero-order valence-corrected chi connectivity index (χ0v) is 16.0. The molecule has 0 saturated carbocycles. The topological polar surface area (TPSA) is 88.6 Å². The summed E-state index contributed by atoms with van der Waals surface area (Å²) in [6.45, 7) is 1.29. The molecule has 0 bridgehead atoms. The lowest BCUT2D eigenvalue weighted by Gasteiger charge is -2.18. The van der Waals surface area contributed by atoms with E-state index in [1.807, 2.05) is 6.07 Å². The van der Waals surface area contributed by atoms with Gasteiger partial charge in [0.2, 0.25) is 10.0 Å². The third kappa shape index (κ3) is 5.12. The van der Waals surface area contributed by atoms with Crippen LogP contribution in [0.5, 0.6) is 0 Å². The molecule has 1 fully saturated rings. The quantitative estimate of drug-likeness (QED) is 0.780. The molecule has 27 heavy (non-hydrogen) atoms. The zero-order valence-electron chi connectivity index (χ0n) is 15.2. The van der Waals surface area contributed by atoms with Crippen molar-refractivity contribution < 1.29 is 17.9 Å². The van der Waals surface area contributed by atoms with Crippen LogP contribution in [0.3, 0.4) is 0 Å². The minimum absolute atomic E-state index is 0.0705. The first kappa shape index (κ1) is 19.5. The second kappa shape index (κ2) is 8.60. The van der Waals surface area contributed by atoms with E-state index in [1.54, 1.807) is 37.6 Å². The Labute approximate surface area is 159 Å². The van der Waals surface area contributed by atoms with Gasteiger partial charge in [-0.15, -0.1) is 0 Å². The molecule has 1 amide bonds. The number of benzene rings is 1. The molecule has 8 heteroatoms. The molecule has 3 rings (SSSR count). The number of aromatic nitrogens is 1. The van der Waals surface area contributed by atoms with Crippen molar-refractivity contribution in [3.8, 4) is 0 Å². The van der Waals surface area contributed by atoms with E-state index in [0.717, 1.165) is 18.4 Å². The largest absolute Gasteiger partial charge is 0.377 e. The Morgan fingerprint density at radius 3 is 2.89 bits per heavy atom. The summed E-state index contributed by atoms with van der Waals surface area (Å²) >= 11 is 0. The Hall–Kier alpha value is -2.29. The van der Waals surface area contributed by atoms with Crippen LogP contribution in [0.15, 0.2) is 53.7 Å². The Balaban J connectivity index is 1.69. The van der Waals surface area contributed by atoms with Gasteiger partial charge in [0.1, 0.15) is 0 Å². The lowest BCUT2D eigenvalue weighted by Crippen LogP contribution is -2.32. The highest BCUT2D eigenvalue weighted by atomic mass is 32.2. The number of nitrogens with one attached hydrogen (secondary N) is 1. The molecule has 1 aliphatic rings. The summed E-state index contributed by atoms with van der Waals surface area (Å²) in [5.74, 6) is -0.255. The maximum atomic E-state index is 12.7. The van der Waals surface area contributed by atoms with Gasteiger partial charge in [0.15, 0.2) is 0 Å². The third-order valence-electron chi connectivity index (χ3n) is 4.41. The number of rotatable bonds is 7. The van der Waals surface area contributed by atoms with E-state index in [9.17, 15) is 13.2 Å². The molecule has 0 aliphatic carbocycles. The SMILES string of the molecule is CN(Cc1cccnc1)C(=O)c1cccc(S(=O)(=O)NCC2CCCO2)c1. The molecule has 1 aliphatic heterocycles. The first-order chi connectivity index (χ1) is 13.0. The van der Waals surface area contributed by atoms with Gasteiger partial charge in [0, 0.05) is 44.7 Å². The van der Waals surface area contributed by atoms with Crippen LogP contribution in [-0.2, 0) is 21.3 Å². The van der Waals surface area contributed by atoms with Crippen molar-refractivity contribution in [2.45, 2.75) is 30.4 Å². The van der Waals surface area contributed by atoms with Crippen LogP contribution in [0.4, 0.5) is 0 Å². The van der Waals surface area contributed by atoms with Gasteiger partial charge in [-0.2, -0.15) is 0 Å². The summed E-state index contributed by atoms with van der Waals surface area (Å²) in [5.41, 5.74) is 1.22. The minimum atomic E-state index is -3.70. The van der Waals surface area contributed by atoms with Gasteiger partial charge in [-0.25, -0.2) is 13.1 Å². The Bertz CT molecular complexity index is 881. The molecule has 0 radical (unpaired) electrons. The lowest BCUT2D eigenvalue weighted by molar-refractivity contribution is 0.0784. The Morgan fingerprint density at radius 1 is 1.33 bits per heavy atom. The molecule has 144 valence electrons. The standard InChI is InChI=1S/C19H23N3O4S/c1-22(14-15-5-3-9-20-12-15)19(23)16-6-2-8-18(11-16)27(24,25)21-13-17-7-4-10-26-17/h2-3,5-6,8-9,11-12,17,21H,4,7,10,13-14H2,1H3. The maximum absolute atomic E-state index is 12.7. The lowest BCUT2D eigenvalue weighted by atomic mass is 10.2. The molecule has 1 unspecified atom stereocenters. The van der Waals surface area contributed by atoms with Crippen LogP contribution >= 0.6 is 0 Å². The van der Waals surface area contributed by atoms with Gasteiger partial charge in [-0.05, 0) is 42.7 Å². The number of carbonyl (C=O) groups is 1. The molecule has 1 aromatic heterocycles. The number of carbonyl (C=O) groups excluding carboxylic acids is 1. The van der Waals surface area contributed by atoms with Gasteiger partial charge in [0.25, 0.3) is 5.91 Å². The number of pyridine rings is 1. The average Bonchev–Trinajstić information content (AvgIpc) is 3.20. The predicted molar refractivity (Wildman–Crippen MR) is 101 cm³/mol. The Morgan fingerprint density at radius 2 is 2.19 bits per heavy atom. The molecular formula is C19H23N3O4S. The number of hydrogen-bond donors (Lipinski definition) is 1. The molecule has 1 aromatic carbocycles. The highest BCUT2D eigenvalue weighted by Crippen LogP contribution is 2.16. The van der Waals surface area contributed by atoms with E-state index < -0.39 is 10.0 Å². The van der Waals surface area contributed by atoms with E-state index in [-0.39, 0.29) is 23.5 Å². The Kier molecular flexibility index (Phi) is 6.20. The van der Waals surface area contributed by atoms with E-state index in [4.69, 9.17) is 4.74 Å². The molecule has 0 spiro atoms. The van der Waals surface area contributed by atoms with Crippen molar-refractivity contribution in [3.63, 3.8) is 0 Å². The number of amides is 1. The molecule has 2 heterocycles. The summed E-state index contributed by atoms with van der Waals surface area (Å²) in [4.78, 5) is 18.3. The monoisotopic (exact) mass is 389 g/mol. The van der Waals surface area contributed by atoms with Crippen LogP contribution in [0.2, 0.25) is 0 Å². The van der Waals surface area contributed by atoms with Crippen molar-refractivity contribution >= 4 is 15.9 Å². The predicted octanol–water partition coefficient (Wildman–Crippen LogP) is 1.81. The first-order valence-corrected chi connectivity index (χ1v) is 10.3. The molecule has 1 atom stereocenters. The summed E-state index contributed by atoms with van der Waals surface area (Å²) < 4.78 is 33.1. The van der Waals surface area contributed by atoms with E-state index >= 15 is 0 Å². The molecule has 2 aromatic rings. The van der Waals surface area contributed by atoms with Gasteiger partial charge in [0.05, 0.1) is 11.0 Å². The zero-order chi connectivity index (χ0) is 19.3. The molecule has 7 nitrogen and oxygen atoms in total. The van der Waals surface area contributed by atoms with Gasteiger partial charge >= 0.3 is 0 Å². The van der Waals surface area contributed by atoms with Gasteiger partial charge in [-0.1, -0.05) is 12.1 Å². The molecule has 1 saturated heterocycles. The summed E-state index contributed by atoms with van der Waals surface area (Å²) in [6.07, 6.45) is 5.07.